The number of pyridine rings is 2. The average Bonchev–Trinajstić information content (AvgIpc) is 4.05. The second-order valence-corrected chi connectivity index (χ2v) is 21.2. The first-order chi connectivity index (χ1) is 30.7. The maximum atomic E-state index is 12.6. The quantitative estimate of drug-likeness (QED) is 0.151. The lowest BCUT2D eigenvalue weighted by Gasteiger charge is -2.23. The van der Waals surface area contributed by atoms with Crippen molar-refractivity contribution in [3.63, 3.8) is 0 Å². The molecule has 2 fully saturated rings. The Balaban J connectivity index is 0.000000190. The van der Waals surface area contributed by atoms with E-state index in [9.17, 15) is 9.59 Å². The van der Waals surface area contributed by atoms with Crippen molar-refractivity contribution in [2.75, 3.05) is 77.3 Å². The summed E-state index contributed by atoms with van der Waals surface area (Å²) in [5, 5.41) is 9.46. The fourth-order valence-corrected chi connectivity index (χ4v) is 9.05. The molecule has 6 heterocycles. The number of Topliss-reactive ketones (excluding diaryl/α,β-unsaturated/α-hetero) is 2. The molecule has 4 aromatic rings. The molecule has 2 aliphatic heterocycles. The number of likely N-dealkylation sites (N-methyl/N-ethyl adjacent to an activating group) is 4. The third kappa shape index (κ3) is 14.7. The summed E-state index contributed by atoms with van der Waals surface area (Å²) in [7, 11) is 8.02. The number of aliphatic hydroxyl groups excluding tert-OH is 1. The summed E-state index contributed by atoms with van der Waals surface area (Å²) in [4.78, 5) is 61.4. The third-order valence-corrected chi connectivity index (χ3v) is 12.0. The molecule has 2 atom stereocenters. The van der Waals surface area contributed by atoms with Gasteiger partial charge in [-0.25, -0.2) is 19.9 Å². The van der Waals surface area contributed by atoms with E-state index in [-0.39, 0.29) is 34.6 Å². The zero-order chi connectivity index (χ0) is 47.1. The number of hydrogen-bond donors (Lipinski definition) is 1. The maximum Gasteiger partial charge on any atom is 0.180 e. The predicted molar refractivity (Wildman–Crippen MR) is 259 cm³/mol. The Kier molecular flexibility index (Phi) is 16.7. The number of carbonyl (C=O) groups excluding carboxylic acids is 2. The van der Waals surface area contributed by atoms with Crippen molar-refractivity contribution in [3.05, 3.63) is 64.2 Å². The van der Waals surface area contributed by atoms with Crippen LogP contribution in [0.2, 0.25) is 5.02 Å². The van der Waals surface area contributed by atoms with Gasteiger partial charge in [-0.1, -0.05) is 53.1 Å². The lowest BCUT2D eigenvalue weighted by molar-refractivity contribution is -0.120. The molecular formula is C50H71ClN10O4. The van der Waals surface area contributed by atoms with Gasteiger partial charge in [-0.05, 0) is 94.5 Å². The molecule has 15 heteroatoms. The van der Waals surface area contributed by atoms with Gasteiger partial charge in [-0.15, -0.1) is 0 Å². The van der Waals surface area contributed by atoms with E-state index < -0.39 is 0 Å². The molecule has 2 aliphatic carbocycles. The van der Waals surface area contributed by atoms with Gasteiger partial charge in [0.25, 0.3) is 0 Å². The molecule has 14 nitrogen and oxygen atoms in total. The van der Waals surface area contributed by atoms with Gasteiger partial charge in [0.2, 0.25) is 0 Å². The van der Waals surface area contributed by atoms with Gasteiger partial charge in [0, 0.05) is 99.1 Å². The van der Waals surface area contributed by atoms with Crippen LogP contribution in [0.4, 0.5) is 11.6 Å². The van der Waals surface area contributed by atoms with Crippen LogP contribution in [0.3, 0.4) is 0 Å². The number of aliphatic hydroxyl groups is 1. The third-order valence-electron chi connectivity index (χ3n) is 11.8. The van der Waals surface area contributed by atoms with Gasteiger partial charge < -0.3 is 29.4 Å². The molecule has 352 valence electrons. The molecule has 0 radical (unpaired) electrons. The van der Waals surface area contributed by atoms with Crippen LogP contribution in [-0.2, 0) is 35.3 Å². The van der Waals surface area contributed by atoms with E-state index >= 15 is 0 Å². The van der Waals surface area contributed by atoms with E-state index in [0.717, 1.165) is 112 Å². The molecule has 65 heavy (non-hydrogen) atoms. The van der Waals surface area contributed by atoms with Crippen LogP contribution in [0, 0.1) is 10.8 Å². The summed E-state index contributed by atoms with van der Waals surface area (Å²) in [5.41, 5.74) is 5.79. The van der Waals surface area contributed by atoms with Crippen LogP contribution in [0.15, 0.2) is 36.7 Å². The summed E-state index contributed by atoms with van der Waals surface area (Å²) in [6, 6.07) is 7.33. The Morgan fingerprint density at radius 1 is 0.723 bits per heavy atom. The smallest absolute Gasteiger partial charge is 0.180 e. The number of carbonyl (C=O) groups is 2. The molecule has 4 aliphatic rings. The number of likely N-dealkylation sites (tertiary alicyclic amines) is 2. The summed E-state index contributed by atoms with van der Waals surface area (Å²) in [6.45, 7) is 17.1. The number of fused-ring (bicyclic) bond motifs is 2. The number of ether oxygens (including phenoxy) is 1. The van der Waals surface area contributed by atoms with Crippen molar-refractivity contribution < 1.29 is 19.4 Å². The van der Waals surface area contributed by atoms with E-state index in [4.69, 9.17) is 41.4 Å². The van der Waals surface area contributed by atoms with Gasteiger partial charge in [0.05, 0.1) is 19.2 Å². The molecule has 0 saturated carbocycles. The fourth-order valence-electron chi connectivity index (χ4n) is 8.89. The molecule has 4 aromatic heterocycles. The van der Waals surface area contributed by atoms with Crippen LogP contribution in [0.1, 0.15) is 103 Å². The second kappa shape index (κ2) is 21.8. The van der Waals surface area contributed by atoms with Crippen LogP contribution < -0.4 is 14.5 Å². The molecule has 8 rings (SSSR count). The lowest BCUT2D eigenvalue weighted by Crippen LogP contribution is -2.30. The van der Waals surface area contributed by atoms with Gasteiger partial charge in [-0.3, -0.25) is 19.6 Å². The highest BCUT2D eigenvalue weighted by Gasteiger charge is 2.27. The van der Waals surface area contributed by atoms with E-state index in [1.54, 1.807) is 24.5 Å². The Hall–Kier alpha value is -4.63. The highest BCUT2D eigenvalue weighted by molar-refractivity contribution is 6.30. The monoisotopic (exact) mass is 911 g/mol. The summed E-state index contributed by atoms with van der Waals surface area (Å²) in [5.74, 6) is 4.11. The van der Waals surface area contributed by atoms with Crippen LogP contribution >= 0.6 is 11.6 Å². The number of rotatable bonds is 12. The minimum Gasteiger partial charge on any atom is -0.489 e. The van der Waals surface area contributed by atoms with Crippen molar-refractivity contribution in [2.24, 2.45) is 10.8 Å². The van der Waals surface area contributed by atoms with Crippen LogP contribution in [0.25, 0.3) is 23.0 Å². The number of nitrogens with zero attached hydrogens (tertiary/aromatic N) is 10. The Labute approximate surface area is 391 Å². The molecule has 0 aromatic carbocycles. The van der Waals surface area contributed by atoms with Crippen molar-refractivity contribution in [3.8, 4) is 28.8 Å². The number of hydrogen-bond acceptors (Lipinski definition) is 14. The second-order valence-electron chi connectivity index (χ2n) is 20.8. The SMILES string of the molecule is CN(CC(=O)CC(C)(C)C)c1nc(-c2cc(Cl)ccn2)nc2c1CCC2.CN1CC[C@@H](O)C1.CN1CC[C@@H](Oc2ccnc(-c3nc4c(c(N(C)CC(=O)CC(C)(C)C)n3)CCC4)c2)C1. The van der Waals surface area contributed by atoms with E-state index in [0.29, 0.717) is 54.0 Å². The number of halogens is 1. The Morgan fingerprint density at radius 3 is 1.65 bits per heavy atom. The molecule has 0 bridgehead atoms. The number of ketones is 2. The maximum absolute atomic E-state index is 12.6. The highest BCUT2D eigenvalue weighted by atomic mass is 35.5. The first kappa shape index (κ1) is 49.8. The molecule has 1 N–H and O–H groups in total. The normalized spacial score (nSPS) is 18.3. The minimum absolute atomic E-state index is 0.0125. The van der Waals surface area contributed by atoms with Gasteiger partial charge in [0.1, 0.15) is 34.9 Å². The number of anilines is 2. The molecule has 0 spiro atoms. The predicted octanol–water partition coefficient (Wildman–Crippen LogP) is 7.36. The van der Waals surface area contributed by atoms with Crippen molar-refractivity contribution in [2.45, 2.75) is 118 Å². The van der Waals surface area contributed by atoms with E-state index in [1.807, 2.05) is 43.1 Å². The Bertz CT molecular complexity index is 2270. The highest BCUT2D eigenvalue weighted by Crippen LogP contribution is 2.33. The number of β-amino-alcohol motifs (C(OH)–C–C–N with tert-alkyl or cyclic N) is 1. The lowest BCUT2D eigenvalue weighted by atomic mass is 9.90. The summed E-state index contributed by atoms with van der Waals surface area (Å²) < 4.78 is 6.18. The molecular weight excluding hydrogens is 840 g/mol. The van der Waals surface area contributed by atoms with Crippen molar-refractivity contribution in [1.29, 1.82) is 0 Å². The van der Waals surface area contributed by atoms with Gasteiger partial charge >= 0.3 is 0 Å². The zero-order valence-electron chi connectivity index (χ0n) is 40.5. The molecule has 0 amide bonds. The van der Waals surface area contributed by atoms with Gasteiger partial charge in [-0.2, -0.15) is 0 Å². The number of aromatic nitrogens is 6. The van der Waals surface area contributed by atoms with E-state index in [2.05, 4.69) is 68.4 Å². The number of aryl methyl sites for hydroxylation is 2. The standard InChI is InChI=1S/C25H35N5O2.C20H25ClN4O.C5H11NO/c1-25(2,3)14-17(31)15-30(5)24-20-7-6-8-21(20)27-23(28-24)22-13-18(9-11-26-22)32-19-10-12-29(4)16-19;1-20(2,3)11-14(26)12-25(4)19-15-6-5-7-16(15)23-18(24-19)17-10-13(21)8-9-22-17;1-6-3-2-5(7)4-6/h9,11,13,19H,6-8,10,12,14-16H2,1-5H3;8-10H,5-7,11-12H2,1-4H3;5,7H,2-4H2,1H3/t19-;;5-/m1.1/s1. The summed E-state index contributed by atoms with van der Waals surface area (Å²) in [6.07, 6.45) is 12.6. The van der Waals surface area contributed by atoms with Gasteiger partial charge in [0.15, 0.2) is 23.2 Å². The zero-order valence-corrected chi connectivity index (χ0v) is 41.2. The average molecular weight is 912 g/mol. The van der Waals surface area contributed by atoms with Crippen LogP contribution in [-0.4, -0.2) is 136 Å². The molecule has 2 saturated heterocycles. The topological polar surface area (TPSA) is 154 Å². The fraction of sp³-hybridized carbons (Fsp3) is 0.600. The van der Waals surface area contributed by atoms with Crippen molar-refractivity contribution >= 4 is 34.8 Å². The summed E-state index contributed by atoms with van der Waals surface area (Å²) >= 11 is 6.09. The van der Waals surface area contributed by atoms with Crippen LogP contribution in [0.5, 0.6) is 5.75 Å². The van der Waals surface area contributed by atoms with E-state index in [1.165, 1.54) is 5.56 Å². The molecule has 0 unspecified atom stereocenters. The first-order valence-corrected chi connectivity index (χ1v) is 23.6. The Morgan fingerprint density at radius 2 is 1.22 bits per heavy atom. The van der Waals surface area contributed by atoms with Crippen molar-refractivity contribution in [1.82, 2.24) is 39.7 Å². The largest absolute Gasteiger partial charge is 0.489 e. The minimum atomic E-state index is -0.0509. The first-order valence-electron chi connectivity index (χ1n) is 23.2.